The van der Waals surface area contributed by atoms with Gasteiger partial charge < -0.3 is 76.2 Å². The third kappa shape index (κ3) is 31.0. The molecule has 0 heterocycles. The Balaban J connectivity index is 2.01. The van der Waals surface area contributed by atoms with Gasteiger partial charge in [-0.25, -0.2) is 14.4 Å². The summed E-state index contributed by atoms with van der Waals surface area (Å²) in [6.45, 7) is 4.12. The fraction of sp³-hybridized carbons (Fsp3) is 0.643. The predicted octanol–water partition coefficient (Wildman–Crippen LogP) is -0.601. The number of benzene rings is 1. The van der Waals surface area contributed by atoms with Crippen LogP contribution in [0.4, 0.5) is 4.79 Å². The molecule has 0 aliphatic rings. The fourth-order valence-electron chi connectivity index (χ4n) is 5.56. The van der Waals surface area contributed by atoms with Gasteiger partial charge in [-0.05, 0) is 49.9 Å². The topological polar surface area (TPSA) is 345 Å². The molecule has 10 N–H and O–H groups in total. The molecule has 2 atom stereocenters. The Kier molecular flexibility index (Phi) is 32.8. The molecule has 0 saturated carbocycles. The number of urea groups is 1. The summed E-state index contributed by atoms with van der Waals surface area (Å²) < 4.78 is 26.4. The van der Waals surface area contributed by atoms with Crippen LogP contribution < -0.4 is 37.2 Å². The molecule has 24 heteroatoms. The first kappa shape index (κ1) is 58.1. The molecule has 1 aromatic carbocycles. The Morgan fingerprint density at radius 2 is 0.864 bits per heavy atom. The summed E-state index contributed by atoms with van der Waals surface area (Å²) in [5, 5.41) is 44.9. The van der Waals surface area contributed by atoms with Crippen molar-refractivity contribution in [2.45, 2.75) is 76.3 Å². The average molecular weight is 942 g/mol. The van der Waals surface area contributed by atoms with Gasteiger partial charge in [0.1, 0.15) is 18.7 Å². The minimum atomic E-state index is -1.53. The van der Waals surface area contributed by atoms with Crippen molar-refractivity contribution in [3.05, 3.63) is 35.4 Å². The Morgan fingerprint density at radius 1 is 0.470 bits per heavy atom. The van der Waals surface area contributed by atoms with E-state index in [0.29, 0.717) is 103 Å². The van der Waals surface area contributed by atoms with Gasteiger partial charge in [0, 0.05) is 70.2 Å². The van der Waals surface area contributed by atoms with Gasteiger partial charge in [0.25, 0.3) is 11.8 Å². The molecule has 0 aliphatic carbocycles. The van der Waals surface area contributed by atoms with E-state index in [1.165, 1.54) is 7.11 Å². The molecule has 0 bridgehead atoms. The highest BCUT2D eigenvalue weighted by Crippen LogP contribution is 2.07. The smallest absolute Gasteiger partial charge is 0.326 e. The second-order valence-corrected chi connectivity index (χ2v) is 14.4. The second kappa shape index (κ2) is 37.3. The molecule has 0 aromatic heterocycles. The zero-order valence-electron chi connectivity index (χ0n) is 37.5. The van der Waals surface area contributed by atoms with Crippen LogP contribution in [-0.4, -0.2) is 180 Å². The van der Waals surface area contributed by atoms with Crippen molar-refractivity contribution in [2.75, 3.05) is 99.3 Å². The maximum absolute atomic E-state index is 12.4. The van der Waals surface area contributed by atoms with Gasteiger partial charge in [-0.15, -0.1) is 0 Å². The molecular weight excluding hydrogens is 874 g/mol. The maximum atomic E-state index is 12.4. The van der Waals surface area contributed by atoms with Crippen molar-refractivity contribution >= 4 is 53.5 Å². The van der Waals surface area contributed by atoms with Gasteiger partial charge in [0.05, 0.1) is 52.9 Å². The molecule has 24 nitrogen and oxygen atoms in total. The van der Waals surface area contributed by atoms with Gasteiger partial charge in [-0.3, -0.25) is 28.8 Å². The molecule has 0 radical (unpaired) electrons. The van der Waals surface area contributed by atoms with E-state index in [0.717, 1.165) is 19.3 Å². The molecule has 0 fully saturated rings. The average Bonchev–Trinajstić information content (AvgIpc) is 3.28. The number of aliphatic carboxylic acids is 3. The summed E-state index contributed by atoms with van der Waals surface area (Å²) in [4.78, 5) is 106. The number of ether oxygens (including phenoxy) is 5. The monoisotopic (exact) mass is 941 g/mol. The molecule has 0 aliphatic heterocycles. The molecule has 66 heavy (non-hydrogen) atoms. The van der Waals surface area contributed by atoms with Crippen molar-refractivity contribution in [2.24, 2.45) is 0 Å². The molecule has 2 unspecified atom stereocenters. The Morgan fingerprint density at radius 3 is 1.32 bits per heavy atom. The number of carboxylic acids is 3. The molecule has 0 spiro atoms. The number of unbranched alkanes of at least 4 members (excludes halogenated alkanes) is 4. The van der Waals surface area contributed by atoms with E-state index >= 15 is 0 Å². The lowest BCUT2D eigenvalue weighted by Crippen LogP contribution is -2.51. The van der Waals surface area contributed by atoms with Gasteiger partial charge >= 0.3 is 23.9 Å². The van der Waals surface area contributed by atoms with Crippen molar-refractivity contribution in [3.63, 3.8) is 0 Å². The number of nitrogens with one attached hydrogen (secondary N) is 7. The quantitative estimate of drug-likeness (QED) is 0.0367. The van der Waals surface area contributed by atoms with Crippen molar-refractivity contribution in [3.8, 4) is 0 Å². The summed E-state index contributed by atoms with van der Waals surface area (Å²) in [5.74, 6) is -5.51. The van der Waals surface area contributed by atoms with E-state index in [4.69, 9.17) is 33.9 Å². The maximum Gasteiger partial charge on any atom is 0.326 e. The van der Waals surface area contributed by atoms with E-state index in [1.807, 2.05) is 5.32 Å². The highest BCUT2D eigenvalue weighted by Gasteiger charge is 2.25. The number of hydrogen-bond acceptors (Lipinski definition) is 14. The molecule has 372 valence electrons. The summed E-state index contributed by atoms with van der Waals surface area (Å²) in [5.41, 5.74) is 0.784. The summed E-state index contributed by atoms with van der Waals surface area (Å²) >= 11 is 0. The molecule has 1 rings (SSSR count). The summed E-state index contributed by atoms with van der Waals surface area (Å²) in [6.07, 6.45) is 2.79. The second-order valence-electron chi connectivity index (χ2n) is 14.4. The highest BCUT2D eigenvalue weighted by atomic mass is 16.5. The SMILES string of the molecule is COCC(=O)NCCOCCOCCNC(=O)c1ccc(C(=O)NCCOCCOCCNC(=O)CCCCCCCNC(=O)CCC(NC(=O)NC(CCC(=O)O)C(=O)O)C(=O)O)cc1. The van der Waals surface area contributed by atoms with E-state index in [1.54, 1.807) is 24.3 Å². The number of carboxylic acid groups (broad SMARTS) is 3. The zero-order valence-corrected chi connectivity index (χ0v) is 37.5. The number of carbonyl (C=O) groups is 9. The van der Waals surface area contributed by atoms with Crippen LogP contribution in [0.25, 0.3) is 0 Å². The normalized spacial score (nSPS) is 11.7. The number of hydrogen-bond donors (Lipinski definition) is 10. The largest absolute Gasteiger partial charge is 0.481 e. The Hall–Kier alpha value is -5.95. The fourth-order valence-corrected chi connectivity index (χ4v) is 5.56. The van der Waals surface area contributed by atoms with Gasteiger partial charge in [-0.1, -0.05) is 19.3 Å². The predicted molar refractivity (Wildman–Crippen MR) is 234 cm³/mol. The van der Waals surface area contributed by atoms with E-state index in [9.17, 15) is 48.3 Å². The van der Waals surface area contributed by atoms with Crippen LogP contribution in [0.3, 0.4) is 0 Å². The van der Waals surface area contributed by atoms with E-state index < -0.39 is 54.8 Å². The van der Waals surface area contributed by atoms with Crippen LogP contribution in [0.1, 0.15) is 84.9 Å². The van der Waals surface area contributed by atoms with Crippen molar-refractivity contribution in [1.29, 1.82) is 0 Å². The van der Waals surface area contributed by atoms with Crippen LogP contribution in [0.5, 0.6) is 0 Å². The van der Waals surface area contributed by atoms with Crippen LogP contribution >= 0.6 is 0 Å². The van der Waals surface area contributed by atoms with Crippen LogP contribution in [-0.2, 0) is 52.5 Å². The van der Waals surface area contributed by atoms with Gasteiger partial charge in [0.15, 0.2) is 0 Å². The van der Waals surface area contributed by atoms with Gasteiger partial charge in [0.2, 0.25) is 17.7 Å². The first-order chi connectivity index (χ1) is 31.7. The zero-order chi connectivity index (χ0) is 48.8. The lowest BCUT2D eigenvalue weighted by molar-refractivity contribution is -0.141. The first-order valence-electron chi connectivity index (χ1n) is 21.7. The van der Waals surface area contributed by atoms with Crippen molar-refractivity contribution in [1.82, 2.24) is 37.2 Å². The third-order valence-corrected chi connectivity index (χ3v) is 9.05. The first-order valence-corrected chi connectivity index (χ1v) is 21.7. The van der Waals surface area contributed by atoms with E-state index in [2.05, 4.69) is 31.9 Å². The highest BCUT2D eigenvalue weighted by molar-refractivity contribution is 5.97. The van der Waals surface area contributed by atoms with Crippen molar-refractivity contribution < 1.29 is 82.2 Å². The third-order valence-electron chi connectivity index (χ3n) is 9.05. The van der Waals surface area contributed by atoms with Crippen LogP contribution in [0.2, 0.25) is 0 Å². The molecular formula is C42H67N7O17. The number of methoxy groups -OCH3 is 1. The van der Waals surface area contributed by atoms with E-state index in [-0.39, 0.29) is 56.2 Å². The van der Waals surface area contributed by atoms with Crippen LogP contribution in [0, 0.1) is 0 Å². The number of amides is 7. The lowest BCUT2D eigenvalue weighted by atomic mass is 10.1. The minimum Gasteiger partial charge on any atom is -0.481 e. The standard InChI is InChI=1S/C42H67N7O17/c1-62-29-36(52)45-18-22-64-26-28-66-24-20-47-39(56)31-10-8-30(9-11-31)38(55)46-19-23-65-27-25-63-21-17-44-34(50)7-5-3-2-4-6-16-43-35(51)14-12-32(40(57)58)48-42(61)49-33(41(59)60)13-15-37(53)54/h8-11,32-33H,2-7,12-29H2,1H3,(H,43,51)(H,44,50)(H,45,52)(H,46,55)(H,47,56)(H,53,54)(H,57,58)(H,59,60)(H2,48,49,61). The van der Waals surface area contributed by atoms with Crippen LogP contribution in [0.15, 0.2) is 24.3 Å². The lowest BCUT2D eigenvalue weighted by Gasteiger charge is -2.18. The Labute approximate surface area is 383 Å². The minimum absolute atomic E-state index is 0.00154. The summed E-state index contributed by atoms with van der Waals surface area (Å²) in [7, 11) is 1.44. The molecule has 0 saturated heterocycles. The summed E-state index contributed by atoms with van der Waals surface area (Å²) in [6, 6.07) is 2.10. The Bertz CT molecular complexity index is 1630. The number of rotatable bonds is 40. The number of carbonyl (C=O) groups excluding carboxylic acids is 6. The van der Waals surface area contributed by atoms with Gasteiger partial charge in [-0.2, -0.15) is 0 Å². The molecule has 7 amide bonds. The molecule has 1 aromatic rings.